The van der Waals surface area contributed by atoms with Crippen molar-refractivity contribution in [3.8, 4) is 0 Å². The van der Waals surface area contributed by atoms with Gasteiger partial charge in [-0.15, -0.1) is 0 Å². The van der Waals surface area contributed by atoms with Crippen molar-refractivity contribution in [2.45, 2.75) is 56.9 Å². The van der Waals surface area contributed by atoms with Crippen LogP contribution in [0.2, 0.25) is 0 Å². The maximum Gasteiger partial charge on any atom is 0.308 e. The van der Waals surface area contributed by atoms with Crippen LogP contribution >= 0.6 is 0 Å². The topological polar surface area (TPSA) is 66.4 Å². The van der Waals surface area contributed by atoms with Crippen LogP contribution < -0.4 is 5.32 Å². The van der Waals surface area contributed by atoms with Gasteiger partial charge in [0.1, 0.15) is 0 Å². The molecule has 3 rings (SSSR count). The van der Waals surface area contributed by atoms with E-state index in [1.807, 2.05) is 0 Å². The van der Waals surface area contributed by atoms with E-state index in [1.54, 1.807) is 0 Å². The lowest BCUT2D eigenvalue weighted by Gasteiger charge is -2.27. The van der Waals surface area contributed by atoms with Crippen molar-refractivity contribution in [3.05, 3.63) is 35.4 Å². The molecule has 6 heteroatoms. The van der Waals surface area contributed by atoms with Gasteiger partial charge in [-0.2, -0.15) is 0 Å². The summed E-state index contributed by atoms with van der Waals surface area (Å²) < 4.78 is 26.4. The lowest BCUT2D eigenvalue weighted by Crippen LogP contribution is -2.44. The summed E-state index contributed by atoms with van der Waals surface area (Å²) in [5, 5.41) is 12.4. The summed E-state index contributed by atoms with van der Waals surface area (Å²) in [5.41, 5.74) is 0.617. The lowest BCUT2D eigenvalue weighted by atomic mass is 9.86. The molecule has 4 atom stereocenters. The van der Waals surface area contributed by atoms with Crippen LogP contribution in [0.15, 0.2) is 18.2 Å². The van der Waals surface area contributed by atoms with Crippen LogP contribution in [0.4, 0.5) is 8.78 Å². The minimum absolute atomic E-state index is 0.119. The second-order valence-corrected chi connectivity index (χ2v) is 7.17. The molecule has 4 unspecified atom stereocenters. The normalized spacial score (nSPS) is 29.4. The molecule has 1 aromatic carbocycles. The fourth-order valence-corrected chi connectivity index (χ4v) is 3.84. The summed E-state index contributed by atoms with van der Waals surface area (Å²) in [6.45, 7) is 0. The standard InChI is InChI=1S/C19H23F2NO3/c20-15-8-7-11(9-16(15)21)13-10-14(13)18(23)22-17-6-4-2-1-3-5-12(17)19(24)25/h7-9,12-14,17H,1-6,10H2,(H,22,23)(H,24,25). The Morgan fingerprint density at radius 3 is 2.40 bits per heavy atom. The molecule has 2 aliphatic rings. The first kappa shape index (κ1) is 17.8. The van der Waals surface area contributed by atoms with Crippen molar-refractivity contribution in [1.29, 1.82) is 0 Å². The summed E-state index contributed by atoms with van der Waals surface area (Å²) in [4.78, 5) is 24.0. The summed E-state index contributed by atoms with van der Waals surface area (Å²) in [7, 11) is 0. The number of halogens is 2. The Morgan fingerprint density at radius 2 is 1.72 bits per heavy atom. The molecule has 1 aromatic rings. The number of rotatable bonds is 4. The van der Waals surface area contributed by atoms with Gasteiger partial charge in [0.15, 0.2) is 11.6 Å². The Kier molecular flexibility index (Phi) is 5.35. The summed E-state index contributed by atoms with van der Waals surface area (Å²) in [6, 6.07) is 3.37. The highest BCUT2D eigenvalue weighted by atomic mass is 19.2. The van der Waals surface area contributed by atoms with Gasteiger partial charge in [-0.25, -0.2) is 8.78 Å². The van der Waals surface area contributed by atoms with E-state index in [2.05, 4.69) is 5.32 Å². The van der Waals surface area contributed by atoms with Crippen molar-refractivity contribution < 1.29 is 23.5 Å². The first-order valence-electron chi connectivity index (χ1n) is 8.95. The first-order valence-corrected chi connectivity index (χ1v) is 8.95. The molecule has 0 bridgehead atoms. The van der Waals surface area contributed by atoms with Crippen molar-refractivity contribution in [3.63, 3.8) is 0 Å². The van der Waals surface area contributed by atoms with Crippen molar-refractivity contribution in [2.75, 3.05) is 0 Å². The van der Waals surface area contributed by atoms with Gasteiger partial charge in [0.2, 0.25) is 5.91 Å². The fraction of sp³-hybridized carbons (Fsp3) is 0.579. The number of benzene rings is 1. The number of carboxylic acid groups (broad SMARTS) is 1. The summed E-state index contributed by atoms with van der Waals surface area (Å²) in [5.74, 6) is -3.80. The number of carbonyl (C=O) groups excluding carboxylic acids is 1. The van der Waals surface area contributed by atoms with Gasteiger partial charge in [0.05, 0.1) is 5.92 Å². The molecule has 1 amide bonds. The monoisotopic (exact) mass is 351 g/mol. The third-order valence-corrected chi connectivity index (χ3v) is 5.41. The van der Waals surface area contributed by atoms with Crippen molar-refractivity contribution in [2.24, 2.45) is 11.8 Å². The molecule has 25 heavy (non-hydrogen) atoms. The molecule has 0 heterocycles. The van der Waals surface area contributed by atoms with Crippen molar-refractivity contribution >= 4 is 11.9 Å². The molecule has 2 aliphatic carbocycles. The Hall–Kier alpha value is -1.98. The molecule has 2 fully saturated rings. The zero-order chi connectivity index (χ0) is 18.0. The molecule has 2 N–H and O–H groups in total. The van der Waals surface area contributed by atoms with E-state index in [1.165, 1.54) is 6.07 Å². The van der Waals surface area contributed by atoms with Gasteiger partial charge in [-0.05, 0) is 42.9 Å². The van der Waals surface area contributed by atoms with Crippen LogP contribution in [0, 0.1) is 23.5 Å². The lowest BCUT2D eigenvalue weighted by molar-refractivity contribution is -0.143. The molecule has 4 nitrogen and oxygen atoms in total. The van der Waals surface area contributed by atoms with Crippen LogP contribution in [-0.2, 0) is 9.59 Å². The van der Waals surface area contributed by atoms with Crippen LogP contribution in [0.3, 0.4) is 0 Å². The Bertz CT molecular complexity index is 664. The predicted molar refractivity (Wildman–Crippen MR) is 88.0 cm³/mol. The van der Waals surface area contributed by atoms with Gasteiger partial charge in [0.25, 0.3) is 0 Å². The van der Waals surface area contributed by atoms with Crippen molar-refractivity contribution in [1.82, 2.24) is 5.32 Å². The van der Waals surface area contributed by atoms with Gasteiger partial charge < -0.3 is 10.4 Å². The minimum Gasteiger partial charge on any atom is -0.481 e. The van der Waals surface area contributed by atoms with E-state index in [0.717, 1.165) is 37.8 Å². The van der Waals surface area contributed by atoms with E-state index in [-0.39, 0.29) is 23.8 Å². The maximum absolute atomic E-state index is 13.4. The number of hydrogen-bond acceptors (Lipinski definition) is 2. The smallest absolute Gasteiger partial charge is 0.308 e. The zero-order valence-electron chi connectivity index (χ0n) is 14.0. The molecule has 0 aliphatic heterocycles. The molecule has 136 valence electrons. The van der Waals surface area contributed by atoms with Gasteiger partial charge in [-0.3, -0.25) is 9.59 Å². The van der Waals surface area contributed by atoms with E-state index >= 15 is 0 Å². The number of amides is 1. The van der Waals surface area contributed by atoms with E-state index in [0.29, 0.717) is 24.8 Å². The second-order valence-electron chi connectivity index (χ2n) is 7.17. The highest BCUT2D eigenvalue weighted by Gasteiger charge is 2.45. The average Bonchev–Trinajstić information content (AvgIpc) is 3.33. The Labute approximate surface area is 145 Å². The maximum atomic E-state index is 13.4. The predicted octanol–water partition coefficient (Wildman–Crippen LogP) is 3.61. The van der Waals surface area contributed by atoms with Gasteiger partial charge in [0, 0.05) is 12.0 Å². The summed E-state index contributed by atoms with van der Waals surface area (Å²) >= 11 is 0. The second kappa shape index (κ2) is 7.50. The van der Waals surface area contributed by atoms with Crippen LogP contribution in [0.5, 0.6) is 0 Å². The summed E-state index contributed by atoms with van der Waals surface area (Å²) in [6.07, 6.45) is 5.70. The molecule has 0 saturated heterocycles. The van der Waals surface area contributed by atoms with E-state index in [9.17, 15) is 23.5 Å². The SMILES string of the molecule is O=C(O)C1CCCCCCC1NC(=O)C1CC1c1ccc(F)c(F)c1. The minimum atomic E-state index is -0.908. The number of aliphatic carboxylic acids is 1. The van der Waals surface area contributed by atoms with Crippen LogP contribution in [-0.4, -0.2) is 23.0 Å². The highest BCUT2D eigenvalue weighted by Crippen LogP contribution is 2.48. The molecule has 0 radical (unpaired) electrons. The number of carboxylic acids is 1. The Balaban J connectivity index is 1.63. The molecular formula is C19H23F2NO3. The fourth-order valence-electron chi connectivity index (χ4n) is 3.84. The number of carbonyl (C=O) groups is 2. The zero-order valence-corrected chi connectivity index (χ0v) is 14.0. The average molecular weight is 351 g/mol. The third kappa shape index (κ3) is 4.17. The molecular weight excluding hydrogens is 328 g/mol. The first-order chi connectivity index (χ1) is 12.0. The van der Waals surface area contributed by atoms with E-state index in [4.69, 9.17) is 0 Å². The molecule has 0 spiro atoms. The number of nitrogens with one attached hydrogen (secondary N) is 1. The molecule has 2 saturated carbocycles. The van der Waals surface area contributed by atoms with Crippen LogP contribution in [0.25, 0.3) is 0 Å². The van der Waals surface area contributed by atoms with Gasteiger partial charge >= 0.3 is 5.97 Å². The number of hydrogen-bond donors (Lipinski definition) is 2. The third-order valence-electron chi connectivity index (χ3n) is 5.41. The largest absolute Gasteiger partial charge is 0.481 e. The highest BCUT2D eigenvalue weighted by molar-refractivity contribution is 5.84. The van der Waals surface area contributed by atoms with E-state index < -0.39 is 23.5 Å². The quantitative estimate of drug-likeness (QED) is 0.871. The Morgan fingerprint density at radius 1 is 1.00 bits per heavy atom. The van der Waals surface area contributed by atoms with Crippen LogP contribution in [0.1, 0.15) is 56.4 Å². The van der Waals surface area contributed by atoms with Gasteiger partial charge in [-0.1, -0.05) is 31.7 Å². The molecule has 0 aromatic heterocycles.